The van der Waals surface area contributed by atoms with Gasteiger partial charge in [-0.15, -0.1) is 12.4 Å². The molecule has 0 atom stereocenters. The highest BCUT2D eigenvalue weighted by atomic mass is 35.5. The van der Waals surface area contributed by atoms with Gasteiger partial charge in [-0.2, -0.15) is 10.2 Å². The van der Waals surface area contributed by atoms with Crippen molar-refractivity contribution in [3.05, 3.63) is 51.6 Å². The standard InChI is InChI=1S/C17H20N8O3.ClH/c1-10-16(25(27)28)11(2)24(23-10)8-7-15(26)19-13-5-3-12(4-6-13)17-20-14(9-18)21-22-17;/h3-6H,7-9,18H2,1-2H3,(H,19,26)(H,20,21,22);1H. The van der Waals surface area contributed by atoms with E-state index in [1.54, 1.807) is 38.1 Å². The third kappa shape index (κ3) is 4.95. The molecule has 1 amide bonds. The zero-order chi connectivity index (χ0) is 20.3. The summed E-state index contributed by atoms with van der Waals surface area (Å²) in [5, 5.41) is 24.8. The van der Waals surface area contributed by atoms with E-state index >= 15 is 0 Å². The zero-order valence-electron chi connectivity index (χ0n) is 15.9. The Morgan fingerprint density at radius 3 is 2.55 bits per heavy atom. The molecule has 0 spiro atoms. The lowest BCUT2D eigenvalue weighted by molar-refractivity contribution is -0.386. The number of benzene rings is 1. The van der Waals surface area contributed by atoms with E-state index < -0.39 is 4.92 Å². The summed E-state index contributed by atoms with van der Waals surface area (Å²) in [4.78, 5) is 27.0. The van der Waals surface area contributed by atoms with Crippen LogP contribution in [0.3, 0.4) is 0 Å². The minimum atomic E-state index is -0.458. The van der Waals surface area contributed by atoms with E-state index in [4.69, 9.17) is 5.73 Å². The van der Waals surface area contributed by atoms with Gasteiger partial charge in [0.15, 0.2) is 5.82 Å². The van der Waals surface area contributed by atoms with Crippen LogP contribution in [0.4, 0.5) is 11.4 Å². The van der Waals surface area contributed by atoms with E-state index in [0.29, 0.717) is 28.7 Å². The SMILES string of the molecule is Cc1nn(CCC(=O)Nc2ccc(-c3n[nH]c(CN)n3)cc2)c(C)c1[N+](=O)[O-].Cl. The van der Waals surface area contributed by atoms with Gasteiger partial charge in [0.1, 0.15) is 17.2 Å². The number of hydrogen-bond acceptors (Lipinski definition) is 7. The molecule has 0 fully saturated rings. The van der Waals surface area contributed by atoms with E-state index in [2.05, 4.69) is 25.6 Å². The Hall–Kier alpha value is -3.31. The van der Waals surface area contributed by atoms with Crippen LogP contribution < -0.4 is 11.1 Å². The summed E-state index contributed by atoms with van der Waals surface area (Å²) in [6.45, 7) is 3.73. The van der Waals surface area contributed by atoms with Crippen LogP contribution >= 0.6 is 12.4 Å². The number of amides is 1. The minimum absolute atomic E-state index is 0. The first-order valence-electron chi connectivity index (χ1n) is 8.59. The van der Waals surface area contributed by atoms with Crippen LogP contribution in [0, 0.1) is 24.0 Å². The molecule has 0 aliphatic heterocycles. The molecule has 4 N–H and O–H groups in total. The second-order valence-corrected chi connectivity index (χ2v) is 6.19. The number of nitrogens with zero attached hydrogens (tertiary/aromatic N) is 5. The van der Waals surface area contributed by atoms with Crippen molar-refractivity contribution < 1.29 is 9.72 Å². The van der Waals surface area contributed by atoms with Crippen LogP contribution in [0.5, 0.6) is 0 Å². The molecule has 29 heavy (non-hydrogen) atoms. The predicted octanol–water partition coefficient (Wildman–Crippen LogP) is 2.10. The Morgan fingerprint density at radius 1 is 1.31 bits per heavy atom. The van der Waals surface area contributed by atoms with Crippen molar-refractivity contribution >= 4 is 29.7 Å². The predicted molar refractivity (Wildman–Crippen MR) is 109 cm³/mol. The van der Waals surface area contributed by atoms with E-state index in [1.165, 1.54) is 4.68 Å². The van der Waals surface area contributed by atoms with Gasteiger partial charge in [0.05, 0.1) is 18.0 Å². The number of nitro groups is 1. The Labute approximate surface area is 172 Å². The van der Waals surface area contributed by atoms with Gasteiger partial charge < -0.3 is 11.1 Å². The first-order chi connectivity index (χ1) is 13.4. The van der Waals surface area contributed by atoms with Crippen LogP contribution in [0.1, 0.15) is 23.6 Å². The molecule has 1 aromatic carbocycles. The average molecular weight is 421 g/mol. The number of H-pyrrole nitrogens is 1. The van der Waals surface area contributed by atoms with Gasteiger partial charge >= 0.3 is 5.69 Å². The quantitative estimate of drug-likeness (QED) is 0.390. The van der Waals surface area contributed by atoms with E-state index in [9.17, 15) is 14.9 Å². The molecule has 12 heteroatoms. The summed E-state index contributed by atoms with van der Waals surface area (Å²) in [6.07, 6.45) is 0.141. The number of halogens is 1. The number of anilines is 1. The second-order valence-electron chi connectivity index (χ2n) is 6.19. The first kappa shape index (κ1) is 22.0. The average Bonchev–Trinajstić information content (AvgIpc) is 3.25. The molecule has 3 rings (SSSR count). The molecule has 3 aromatic rings. The molecule has 0 unspecified atom stereocenters. The number of nitrogens with one attached hydrogen (secondary N) is 2. The summed E-state index contributed by atoms with van der Waals surface area (Å²) < 4.78 is 1.48. The van der Waals surface area contributed by atoms with Crippen molar-refractivity contribution in [2.75, 3.05) is 5.32 Å². The molecular formula is C17H21ClN8O3. The van der Waals surface area contributed by atoms with Gasteiger partial charge in [0.2, 0.25) is 5.91 Å². The van der Waals surface area contributed by atoms with Crippen molar-refractivity contribution in [2.24, 2.45) is 5.73 Å². The highest BCUT2D eigenvalue weighted by Gasteiger charge is 2.21. The van der Waals surface area contributed by atoms with Crippen molar-refractivity contribution in [1.29, 1.82) is 0 Å². The van der Waals surface area contributed by atoms with Gasteiger partial charge in [0.25, 0.3) is 0 Å². The fraction of sp³-hybridized carbons (Fsp3) is 0.294. The van der Waals surface area contributed by atoms with Crippen molar-refractivity contribution in [2.45, 2.75) is 33.4 Å². The Morgan fingerprint density at radius 2 is 2.00 bits per heavy atom. The van der Waals surface area contributed by atoms with Crippen LogP contribution in [0.2, 0.25) is 0 Å². The monoisotopic (exact) mass is 420 g/mol. The second kappa shape index (κ2) is 9.26. The molecule has 2 heterocycles. The fourth-order valence-corrected chi connectivity index (χ4v) is 2.82. The normalized spacial score (nSPS) is 10.4. The number of aryl methyl sites for hydroxylation is 2. The van der Waals surface area contributed by atoms with Crippen LogP contribution in [0.25, 0.3) is 11.4 Å². The molecule has 0 aliphatic rings. The third-order valence-electron chi connectivity index (χ3n) is 4.23. The molecule has 154 valence electrons. The maximum Gasteiger partial charge on any atom is 0.312 e. The minimum Gasteiger partial charge on any atom is -0.326 e. The number of aromatic nitrogens is 5. The van der Waals surface area contributed by atoms with Gasteiger partial charge in [-0.25, -0.2) is 4.98 Å². The van der Waals surface area contributed by atoms with Crippen molar-refractivity contribution in [3.63, 3.8) is 0 Å². The van der Waals surface area contributed by atoms with Crippen LogP contribution in [0.15, 0.2) is 24.3 Å². The largest absolute Gasteiger partial charge is 0.326 e. The third-order valence-corrected chi connectivity index (χ3v) is 4.23. The maximum absolute atomic E-state index is 12.2. The molecule has 0 aliphatic carbocycles. The lowest BCUT2D eigenvalue weighted by atomic mass is 10.2. The molecular weight excluding hydrogens is 400 g/mol. The first-order valence-corrected chi connectivity index (χ1v) is 8.59. The fourth-order valence-electron chi connectivity index (χ4n) is 2.82. The molecule has 0 radical (unpaired) electrons. The van der Waals surface area contributed by atoms with Gasteiger partial charge in [0, 0.05) is 17.7 Å². The topological polar surface area (TPSA) is 158 Å². The van der Waals surface area contributed by atoms with Gasteiger partial charge in [-0.1, -0.05) is 0 Å². The van der Waals surface area contributed by atoms with Gasteiger partial charge in [-0.05, 0) is 38.1 Å². The van der Waals surface area contributed by atoms with Crippen LogP contribution in [-0.2, 0) is 17.9 Å². The zero-order valence-corrected chi connectivity index (χ0v) is 16.7. The lowest BCUT2D eigenvalue weighted by Crippen LogP contribution is -2.15. The number of carbonyl (C=O) groups is 1. The Kier molecular flexibility index (Phi) is 7.02. The van der Waals surface area contributed by atoms with E-state index in [0.717, 1.165) is 5.56 Å². The van der Waals surface area contributed by atoms with Gasteiger partial charge in [-0.3, -0.25) is 24.7 Å². The van der Waals surface area contributed by atoms with Crippen LogP contribution in [-0.4, -0.2) is 35.8 Å². The number of carbonyl (C=O) groups excluding carboxylic acids is 1. The molecule has 2 aromatic heterocycles. The number of nitrogens with two attached hydrogens (primary N) is 1. The number of rotatable bonds is 7. The summed E-state index contributed by atoms with van der Waals surface area (Å²) >= 11 is 0. The summed E-state index contributed by atoms with van der Waals surface area (Å²) in [5.74, 6) is 0.910. The Balaban J connectivity index is 0.00000300. The molecule has 0 saturated carbocycles. The smallest absolute Gasteiger partial charge is 0.312 e. The summed E-state index contributed by atoms with van der Waals surface area (Å²) in [6, 6.07) is 7.09. The number of hydrogen-bond donors (Lipinski definition) is 3. The summed E-state index contributed by atoms with van der Waals surface area (Å²) in [5.41, 5.74) is 7.68. The Bertz CT molecular complexity index is 1010. The van der Waals surface area contributed by atoms with E-state index in [1.807, 2.05) is 0 Å². The summed E-state index contributed by atoms with van der Waals surface area (Å²) in [7, 11) is 0. The lowest BCUT2D eigenvalue weighted by Gasteiger charge is -2.07. The van der Waals surface area contributed by atoms with E-state index in [-0.39, 0.29) is 43.5 Å². The highest BCUT2D eigenvalue weighted by molar-refractivity contribution is 5.90. The number of aromatic amines is 1. The highest BCUT2D eigenvalue weighted by Crippen LogP contribution is 2.22. The van der Waals surface area contributed by atoms with Crippen molar-refractivity contribution in [1.82, 2.24) is 25.0 Å². The molecule has 11 nitrogen and oxygen atoms in total. The molecule has 0 bridgehead atoms. The van der Waals surface area contributed by atoms with Crippen molar-refractivity contribution in [3.8, 4) is 11.4 Å². The maximum atomic E-state index is 12.2. The molecule has 0 saturated heterocycles.